The molecular formula is C15H16F2N2O3. The average molecular weight is 310 g/mol. The maximum absolute atomic E-state index is 13.6. The van der Waals surface area contributed by atoms with Crippen LogP contribution in [0, 0.1) is 11.6 Å². The van der Waals surface area contributed by atoms with Gasteiger partial charge in [0.2, 0.25) is 0 Å². The van der Waals surface area contributed by atoms with E-state index in [1.807, 2.05) is 0 Å². The lowest BCUT2D eigenvalue weighted by molar-refractivity contribution is 0.147. The number of halogens is 2. The summed E-state index contributed by atoms with van der Waals surface area (Å²) in [4.78, 5) is 11.7. The summed E-state index contributed by atoms with van der Waals surface area (Å²) < 4.78 is 31.7. The van der Waals surface area contributed by atoms with Crippen molar-refractivity contribution in [1.82, 2.24) is 10.6 Å². The molecule has 0 saturated heterocycles. The molecule has 2 amide bonds. The van der Waals surface area contributed by atoms with Crippen LogP contribution in [0.1, 0.15) is 30.4 Å². The molecular weight excluding hydrogens is 294 g/mol. The van der Waals surface area contributed by atoms with Crippen LogP contribution in [0.25, 0.3) is 0 Å². The van der Waals surface area contributed by atoms with Crippen molar-refractivity contribution >= 4 is 6.03 Å². The summed E-state index contributed by atoms with van der Waals surface area (Å²) in [6, 6.07) is 5.62. The van der Waals surface area contributed by atoms with Crippen LogP contribution in [-0.4, -0.2) is 17.7 Å². The van der Waals surface area contributed by atoms with E-state index in [-0.39, 0.29) is 12.1 Å². The Morgan fingerprint density at radius 2 is 2.09 bits per heavy atom. The van der Waals surface area contributed by atoms with Crippen LogP contribution in [0.15, 0.2) is 41.0 Å². The Balaban J connectivity index is 1.87. The molecule has 118 valence electrons. The normalized spacial score (nSPS) is 13.5. The molecule has 0 spiro atoms. The van der Waals surface area contributed by atoms with E-state index in [0.29, 0.717) is 5.76 Å². The van der Waals surface area contributed by atoms with Crippen molar-refractivity contribution in [3.8, 4) is 0 Å². The topological polar surface area (TPSA) is 74.5 Å². The van der Waals surface area contributed by atoms with Gasteiger partial charge >= 0.3 is 6.03 Å². The van der Waals surface area contributed by atoms with E-state index >= 15 is 0 Å². The van der Waals surface area contributed by atoms with Crippen LogP contribution in [-0.2, 0) is 0 Å². The fourth-order valence-electron chi connectivity index (χ4n) is 1.95. The number of hydrogen-bond donors (Lipinski definition) is 3. The van der Waals surface area contributed by atoms with Crippen LogP contribution in [0.5, 0.6) is 0 Å². The van der Waals surface area contributed by atoms with E-state index in [1.54, 1.807) is 12.1 Å². The van der Waals surface area contributed by atoms with Gasteiger partial charge in [0.1, 0.15) is 11.9 Å². The molecule has 0 aliphatic rings. The molecule has 2 aromatic rings. The quantitative estimate of drug-likeness (QED) is 0.795. The number of hydrogen-bond acceptors (Lipinski definition) is 3. The number of aliphatic hydroxyl groups excluding tert-OH is 1. The Bertz CT molecular complexity index is 632. The second kappa shape index (κ2) is 7.04. The number of furan rings is 1. The largest absolute Gasteiger partial charge is 0.467 e. The highest BCUT2D eigenvalue weighted by atomic mass is 19.2. The summed E-state index contributed by atoms with van der Waals surface area (Å²) in [5.41, 5.74) is 0.0433. The zero-order valence-electron chi connectivity index (χ0n) is 11.8. The van der Waals surface area contributed by atoms with E-state index in [9.17, 15) is 18.7 Å². The maximum atomic E-state index is 13.6. The molecule has 22 heavy (non-hydrogen) atoms. The lowest BCUT2D eigenvalue weighted by atomic mass is 10.1. The van der Waals surface area contributed by atoms with Crippen LogP contribution in [0.3, 0.4) is 0 Å². The summed E-state index contributed by atoms with van der Waals surface area (Å²) in [6.45, 7) is 1.46. The van der Waals surface area contributed by atoms with E-state index in [0.717, 1.165) is 6.07 Å². The molecule has 2 atom stereocenters. The highest BCUT2D eigenvalue weighted by Crippen LogP contribution is 2.18. The second-order valence-electron chi connectivity index (χ2n) is 4.75. The van der Waals surface area contributed by atoms with Crippen molar-refractivity contribution in [2.75, 3.05) is 6.54 Å². The minimum atomic E-state index is -0.995. The third-order valence-electron chi connectivity index (χ3n) is 3.12. The smallest absolute Gasteiger partial charge is 0.315 e. The molecule has 7 heteroatoms. The fraction of sp³-hybridized carbons (Fsp3) is 0.267. The van der Waals surface area contributed by atoms with Gasteiger partial charge in [-0.05, 0) is 25.1 Å². The van der Waals surface area contributed by atoms with E-state index in [1.165, 1.54) is 25.3 Å². The van der Waals surface area contributed by atoms with Crippen molar-refractivity contribution in [3.05, 3.63) is 59.6 Å². The van der Waals surface area contributed by atoms with Gasteiger partial charge in [-0.2, -0.15) is 0 Å². The number of urea groups is 1. The molecule has 1 aromatic carbocycles. The third kappa shape index (κ3) is 3.82. The molecule has 1 heterocycles. The predicted octanol–water partition coefficient (Wildman–Crippen LogP) is 2.65. The Morgan fingerprint density at radius 3 is 2.77 bits per heavy atom. The lowest BCUT2D eigenvalue weighted by Crippen LogP contribution is -2.39. The molecule has 0 bridgehead atoms. The number of carbonyl (C=O) groups is 1. The number of nitrogens with one attached hydrogen (secondary N) is 2. The molecule has 1 aromatic heterocycles. The van der Waals surface area contributed by atoms with E-state index in [4.69, 9.17) is 4.42 Å². The monoisotopic (exact) mass is 310 g/mol. The number of benzene rings is 1. The Kier molecular flexibility index (Phi) is 5.11. The first kappa shape index (κ1) is 16.0. The fourth-order valence-corrected chi connectivity index (χ4v) is 1.95. The second-order valence-corrected chi connectivity index (χ2v) is 4.75. The number of rotatable bonds is 5. The SMILES string of the molecule is CC(NC(=O)NCC(O)c1ccco1)c1cccc(F)c1F. The molecule has 2 unspecified atom stereocenters. The van der Waals surface area contributed by atoms with Crippen LogP contribution >= 0.6 is 0 Å². The van der Waals surface area contributed by atoms with Crippen molar-refractivity contribution in [2.45, 2.75) is 19.1 Å². The van der Waals surface area contributed by atoms with E-state index in [2.05, 4.69) is 10.6 Å². The molecule has 0 aliphatic carbocycles. The van der Waals surface area contributed by atoms with Crippen molar-refractivity contribution < 1.29 is 23.1 Å². The maximum Gasteiger partial charge on any atom is 0.315 e. The zero-order chi connectivity index (χ0) is 16.1. The highest BCUT2D eigenvalue weighted by Gasteiger charge is 2.17. The van der Waals surface area contributed by atoms with Gasteiger partial charge in [0.25, 0.3) is 0 Å². The summed E-state index contributed by atoms with van der Waals surface area (Å²) in [6.07, 6.45) is 0.426. The molecule has 0 saturated carbocycles. The van der Waals surface area contributed by atoms with Gasteiger partial charge in [0, 0.05) is 5.56 Å². The predicted molar refractivity (Wildman–Crippen MR) is 75.0 cm³/mol. The molecule has 2 rings (SSSR count). The van der Waals surface area contributed by atoms with Crippen LogP contribution < -0.4 is 10.6 Å². The Labute approximate surface area is 125 Å². The van der Waals surface area contributed by atoms with Gasteiger partial charge in [-0.15, -0.1) is 0 Å². The first-order chi connectivity index (χ1) is 10.5. The summed E-state index contributed by atoms with van der Waals surface area (Å²) in [7, 11) is 0. The number of aliphatic hydroxyl groups is 1. The van der Waals surface area contributed by atoms with Crippen molar-refractivity contribution in [3.63, 3.8) is 0 Å². The minimum absolute atomic E-state index is 0.0433. The standard InChI is InChI=1S/C15H16F2N2O3/c1-9(10-4-2-5-11(16)14(10)17)19-15(21)18-8-12(20)13-6-3-7-22-13/h2-7,9,12,20H,8H2,1H3,(H2,18,19,21). The first-order valence-electron chi connectivity index (χ1n) is 6.68. The molecule has 5 nitrogen and oxygen atoms in total. The third-order valence-corrected chi connectivity index (χ3v) is 3.12. The molecule has 0 aliphatic heterocycles. The minimum Gasteiger partial charge on any atom is -0.467 e. The lowest BCUT2D eigenvalue weighted by Gasteiger charge is -2.16. The summed E-state index contributed by atoms with van der Waals surface area (Å²) >= 11 is 0. The summed E-state index contributed by atoms with van der Waals surface area (Å²) in [5, 5.41) is 14.6. The zero-order valence-corrected chi connectivity index (χ0v) is 11.8. The Hall–Kier alpha value is -2.41. The molecule has 0 radical (unpaired) electrons. The molecule has 0 fully saturated rings. The van der Waals surface area contributed by atoms with Gasteiger partial charge in [-0.25, -0.2) is 13.6 Å². The van der Waals surface area contributed by atoms with Gasteiger partial charge in [0.15, 0.2) is 11.6 Å². The highest BCUT2D eigenvalue weighted by molar-refractivity contribution is 5.74. The van der Waals surface area contributed by atoms with Crippen LogP contribution in [0.2, 0.25) is 0 Å². The average Bonchev–Trinajstić information content (AvgIpc) is 3.01. The molecule has 3 N–H and O–H groups in total. The van der Waals surface area contributed by atoms with Crippen LogP contribution in [0.4, 0.5) is 13.6 Å². The summed E-state index contributed by atoms with van der Waals surface area (Å²) in [5.74, 6) is -1.64. The van der Waals surface area contributed by atoms with Crippen molar-refractivity contribution in [2.24, 2.45) is 0 Å². The van der Waals surface area contributed by atoms with Crippen molar-refractivity contribution in [1.29, 1.82) is 0 Å². The van der Waals surface area contributed by atoms with Gasteiger partial charge in [-0.3, -0.25) is 0 Å². The van der Waals surface area contributed by atoms with Gasteiger partial charge < -0.3 is 20.2 Å². The first-order valence-corrected chi connectivity index (χ1v) is 6.68. The van der Waals surface area contributed by atoms with Gasteiger partial charge in [-0.1, -0.05) is 12.1 Å². The number of amides is 2. The Morgan fingerprint density at radius 1 is 1.32 bits per heavy atom. The van der Waals surface area contributed by atoms with E-state index < -0.39 is 29.8 Å². The number of carbonyl (C=O) groups excluding carboxylic acids is 1. The van der Waals surface area contributed by atoms with Gasteiger partial charge in [0.05, 0.1) is 18.8 Å².